The molecule has 1 fully saturated rings. The summed E-state index contributed by atoms with van der Waals surface area (Å²) in [6, 6.07) is 5.95. The average molecular weight is 286 g/mol. The van der Waals surface area contributed by atoms with Crippen molar-refractivity contribution in [1.82, 2.24) is 14.9 Å². The number of nitrogens with zero attached hydrogens (tertiary/aromatic N) is 3. The van der Waals surface area contributed by atoms with Crippen molar-refractivity contribution in [3.8, 4) is 0 Å². The number of likely N-dealkylation sites (tertiary alicyclic amines) is 1. The lowest BCUT2D eigenvalue weighted by Gasteiger charge is -2.32. The Bertz CT molecular complexity index is 612. The van der Waals surface area contributed by atoms with Gasteiger partial charge in [-0.25, -0.2) is 9.97 Å². The lowest BCUT2D eigenvalue weighted by atomic mass is 9.94. The molecule has 2 aromatic heterocycles. The van der Waals surface area contributed by atoms with Crippen LogP contribution in [0.25, 0.3) is 0 Å². The SMILES string of the molecule is CNc1cccc(C2CCCN(C(=O)c3cnco3)C2)n1. The number of aromatic nitrogens is 2. The summed E-state index contributed by atoms with van der Waals surface area (Å²) in [7, 11) is 1.85. The molecule has 0 saturated carbocycles. The molecule has 1 unspecified atom stereocenters. The van der Waals surface area contributed by atoms with Crippen molar-refractivity contribution < 1.29 is 9.21 Å². The monoisotopic (exact) mass is 286 g/mol. The summed E-state index contributed by atoms with van der Waals surface area (Å²) >= 11 is 0. The quantitative estimate of drug-likeness (QED) is 0.936. The van der Waals surface area contributed by atoms with E-state index in [1.54, 1.807) is 0 Å². The Hall–Kier alpha value is -2.37. The molecule has 0 aliphatic carbocycles. The predicted molar refractivity (Wildman–Crippen MR) is 78.2 cm³/mol. The van der Waals surface area contributed by atoms with Crippen LogP contribution in [0, 0.1) is 0 Å². The summed E-state index contributed by atoms with van der Waals surface area (Å²) in [6.07, 6.45) is 4.76. The largest absolute Gasteiger partial charge is 0.438 e. The molecule has 0 aromatic carbocycles. The van der Waals surface area contributed by atoms with E-state index >= 15 is 0 Å². The summed E-state index contributed by atoms with van der Waals surface area (Å²) in [4.78, 5) is 22.5. The van der Waals surface area contributed by atoms with Crippen LogP contribution in [0.4, 0.5) is 5.82 Å². The van der Waals surface area contributed by atoms with Gasteiger partial charge in [0.15, 0.2) is 6.39 Å². The second-order valence-corrected chi connectivity index (χ2v) is 5.15. The van der Waals surface area contributed by atoms with Crippen molar-refractivity contribution in [2.75, 3.05) is 25.5 Å². The Morgan fingerprint density at radius 2 is 2.38 bits per heavy atom. The van der Waals surface area contributed by atoms with Crippen molar-refractivity contribution in [2.45, 2.75) is 18.8 Å². The van der Waals surface area contributed by atoms with Crippen LogP contribution in [0.15, 0.2) is 35.2 Å². The van der Waals surface area contributed by atoms with Crippen molar-refractivity contribution >= 4 is 11.7 Å². The number of carbonyl (C=O) groups excluding carboxylic acids is 1. The highest BCUT2D eigenvalue weighted by molar-refractivity contribution is 5.91. The van der Waals surface area contributed by atoms with Crippen molar-refractivity contribution in [2.24, 2.45) is 0 Å². The predicted octanol–water partition coefficient (Wildman–Crippen LogP) is 2.13. The molecule has 6 nitrogen and oxygen atoms in total. The molecule has 1 aliphatic heterocycles. The van der Waals surface area contributed by atoms with Gasteiger partial charge in [-0.15, -0.1) is 0 Å². The number of hydrogen-bond donors (Lipinski definition) is 1. The van der Waals surface area contributed by atoms with E-state index in [0.29, 0.717) is 12.3 Å². The molecule has 0 radical (unpaired) electrons. The van der Waals surface area contributed by atoms with Gasteiger partial charge in [-0.05, 0) is 25.0 Å². The molecule has 1 atom stereocenters. The normalized spacial score (nSPS) is 18.5. The lowest BCUT2D eigenvalue weighted by molar-refractivity contribution is 0.0674. The minimum absolute atomic E-state index is 0.0954. The standard InChI is InChI=1S/C15H18N4O2/c1-16-14-6-2-5-12(18-14)11-4-3-7-19(9-11)15(20)13-8-17-10-21-13/h2,5-6,8,10-11H,3-4,7,9H2,1H3,(H,16,18). The Morgan fingerprint density at radius 1 is 1.48 bits per heavy atom. The number of piperidine rings is 1. The highest BCUT2D eigenvalue weighted by Gasteiger charge is 2.27. The molecule has 1 N–H and O–H groups in total. The van der Waals surface area contributed by atoms with E-state index in [0.717, 1.165) is 30.9 Å². The zero-order chi connectivity index (χ0) is 14.7. The smallest absolute Gasteiger partial charge is 0.291 e. The van der Waals surface area contributed by atoms with Crippen LogP contribution in [-0.4, -0.2) is 40.9 Å². The Morgan fingerprint density at radius 3 is 3.14 bits per heavy atom. The van der Waals surface area contributed by atoms with Gasteiger partial charge >= 0.3 is 0 Å². The van der Waals surface area contributed by atoms with Crippen LogP contribution in [0.1, 0.15) is 35.0 Å². The van der Waals surface area contributed by atoms with Gasteiger partial charge in [0.1, 0.15) is 5.82 Å². The number of oxazole rings is 1. The number of nitrogens with one attached hydrogen (secondary N) is 1. The van der Waals surface area contributed by atoms with Gasteiger partial charge in [0, 0.05) is 31.7 Å². The molecular weight excluding hydrogens is 268 g/mol. The van der Waals surface area contributed by atoms with E-state index in [-0.39, 0.29) is 11.8 Å². The van der Waals surface area contributed by atoms with E-state index in [2.05, 4.69) is 15.3 Å². The van der Waals surface area contributed by atoms with Crippen LogP contribution in [0.3, 0.4) is 0 Å². The fraction of sp³-hybridized carbons (Fsp3) is 0.400. The zero-order valence-electron chi connectivity index (χ0n) is 12.0. The van der Waals surface area contributed by atoms with E-state index < -0.39 is 0 Å². The summed E-state index contributed by atoms with van der Waals surface area (Å²) in [5, 5.41) is 3.05. The molecule has 3 rings (SSSR count). The maximum Gasteiger partial charge on any atom is 0.291 e. The maximum atomic E-state index is 12.3. The molecule has 0 spiro atoms. The van der Waals surface area contributed by atoms with Gasteiger partial charge in [0.25, 0.3) is 5.91 Å². The first-order valence-electron chi connectivity index (χ1n) is 7.10. The lowest BCUT2D eigenvalue weighted by Crippen LogP contribution is -2.39. The van der Waals surface area contributed by atoms with Crippen molar-refractivity contribution in [1.29, 1.82) is 0 Å². The van der Waals surface area contributed by atoms with Crippen molar-refractivity contribution in [3.05, 3.63) is 42.2 Å². The third-order valence-electron chi connectivity index (χ3n) is 3.80. The molecule has 1 saturated heterocycles. The van der Waals surface area contributed by atoms with E-state index in [9.17, 15) is 4.79 Å². The second kappa shape index (κ2) is 5.95. The number of carbonyl (C=O) groups is 1. The summed E-state index contributed by atoms with van der Waals surface area (Å²) < 4.78 is 5.10. The van der Waals surface area contributed by atoms with Crippen LogP contribution in [0.5, 0.6) is 0 Å². The minimum atomic E-state index is -0.0954. The Labute approximate surface area is 123 Å². The second-order valence-electron chi connectivity index (χ2n) is 5.15. The van der Waals surface area contributed by atoms with E-state index in [1.165, 1.54) is 12.6 Å². The van der Waals surface area contributed by atoms with Gasteiger partial charge in [0.2, 0.25) is 5.76 Å². The average Bonchev–Trinajstić information content (AvgIpc) is 3.09. The number of rotatable bonds is 3. The Balaban J connectivity index is 1.75. The molecule has 6 heteroatoms. The van der Waals surface area contributed by atoms with Gasteiger partial charge in [-0.2, -0.15) is 0 Å². The summed E-state index contributed by atoms with van der Waals surface area (Å²) in [6.45, 7) is 1.42. The summed E-state index contributed by atoms with van der Waals surface area (Å²) in [5.41, 5.74) is 1.02. The molecule has 0 bridgehead atoms. The molecular formula is C15H18N4O2. The number of amides is 1. The van der Waals surface area contributed by atoms with E-state index in [4.69, 9.17) is 4.42 Å². The molecule has 110 valence electrons. The fourth-order valence-electron chi connectivity index (χ4n) is 2.70. The van der Waals surface area contributed by atoms with E-state index in [1.807, 2.05) is 30.1 Å². The highest BCUT2D eigenvalue weighted by Crippen LogP contribution is 2.27. The highest BCUT2D eigenvalue weighted by atomic mass is 16.3. The Kier molecular flexibility index (Phi) is 3.85. The van der Waals surface area contributed by atoms with Gasteiger partial charge in [0.05, 0.1) is 6.20 Å². The van der Waals surface area contributed by atoms with Crippen LogP contribution < -0.4 is 5.32 Å². The van der Waals surface area contributed by atoms with Crippen LogP contribution >= 0.6 is 0 Å². The van der Waals surface area contributed by atoms with Gasteiger partial charge in [-0.1, -0.05) is 6.07 Å². The summed E-state index contributed by atoms with van der Waals surface area (Å²) in [5.74, 6) is 1.32. The zero-order valence-corrected chi connectivity index (χ0v) is 12.0. The topological polar surface area (TPSA) is 71.3 Å². The molecule has 3 heterocycles. The molecule has 1 aliphatic rings. The number of anilines is 1. The van der Waals surface area contributed by atoms with Crippen LogP contribution in [-0.2, 0) is 0 Å². The van der Waals surface area contributed by atoms with Gasteiger partial charge < -0.3 is 14.6 Å². The fourth-order valence-corrected chi connectivity index (χ4v) is 2.70. The number of hydrogen-bond acceptors (Lipinski definition) is 5. The van der Waals surface area contributed by atoms with Crippen LogP contribution in [0.2, 0.25) is 0 Å². The molecule has 2 aromatic rings. The van der Waals surface area contributed by atoms with Gasteiger partial charge in [-0.3, -0.25) is 4.79 Å². The maximum absolute atomic E-state index is 12.3. The first-order valence-corrected chi connectivity index (χ1v) is 7.10. The first-order chi connectivity index (χ1) is 10.3. The first kappa shape index (κ1) is 13.6. The minimum Gasteiger partial charge on any atom is -0.438 e. The molecule has 1 amide bonds. The van der Waals surface area contributed by atoms with Crippen molar-refractivity contribution in [3.63, 3.8) is 0 Å². The number of pyridine rings is 1. The third-order valence-corrected chi connectivity index (χ3v) is 3.80. The third kappa shape index (κ3) is 2.89. The molecule has 21 heavy (non-hydrogen) atoms.